The van der Waals surface area contributed by atoms with Gasteiger partial charge in [-0.3, -0.25) is 14.8 Å². The molecule has 10 heteroatoms. The average Bonchev–Trinajstić information content (AvgIpc) is 3.35. The number of sulfonamides is 1. The first-order valence-corrected chi connectivity index (χ1v) is 13.4. The van der Waals surface area contributed by atoms with Gasteiger partial charge in [-0.05, 0) is 73.4 Å². The number of halogens is 1. The Morgan fingerprint density at radius 3 is 2.61 bits per heavy atom. The van der Waals surface area contributed by atoms with Crippen LogP contribution in [0.4, 0.5) is 17.1 Å². The highest BCUT2D eigenvalue weighted by atomic mass is 35.5. The third-order valence-electron chi connectivity index (χ3n) is 6.59. The van der Waals surface area contributed by atoms with Crippen molar-refractivity contribution in [3.05, 3.63) is 99.1 Å². The molecule has 36 heavy (non-hydrogen) atoms. The number of nitro groups is 1. The predicted molar refractivity (Wildman–Crippen MR) is 139 cm³/mol. The number of non-ortho nitro benzene ring substituents is 1. The van der Waals surface area contributed by atoms with Crippen LogP contribution in [0.5, 0.6) is 5.75 Å². The molecule has 3 atom stereocenters. The van der Waals surface area contributed by atoms with Gasteiger partial charge in [-0.15, -0.1) is 0 Å². The van der Waals surface area contributed by atoms with E-state index in [4.69, 9.17) is 16.3 Å². The molecule has 1 aliphatic carbocycles. The summed E-state index contributed by atoms with van der Waals surface area (Å²) in [4.78, 5) is 11.1. The van der Waals surface area contributed by atoms with Crippen molar-refractivity contribution < 1.29 is 18.1 Å². The van der Waals surface area contributed by atoms with E-state index >= 15 is 0 Å². The summed E-state index contributed by atoms with van der Waals surface area (Å²) < 4.78 is 34.4. The van der Waals surface area contributed by atoms with Gasteiger partial charge in [0, 0.05) is 40.0 Å². The van der Waals surface area contributed by atoms with Gasteiger partial charge in [0.15, 0.2) is 0 Å². The van der Waals surface area contributed by atoms with Crippen LogP contribution in [0.1, 0.15) is 36.4 Å². The Labute approximate surface area is 214 Å². The van der Waals surface area contributed by atoms with Crippen molar-refractivity contribution in [2.24, 2.45) is 5.92 Å². The average molecular weight is 526 g/mol. The molecule has 0 saturated heterocycles. The number of fused-ring (bicyclic) bond motifs is 3. The number of nitrogens with zero attached hydrogens (tertiary/aromatic N) is 1. The quantitative estimate of drug-likeness (QED) is 0.213. The van der Waals surface area contributed by atoms with E-state index < -0.39 is 14.9 Å². The van der Waals surface area contributed by atoms with Gasteiger partial charge >= 0.3 is 0 Å². The molecule has 1 aliphatic heterocycles. The summed E-state index contributed by atoms with van der Waals surface area (Å²) in [5, 5.41) is 15.3. The van der Waals surface area contributed by atoms with Gasteiger partial charge in [0.25, 0.3) is 15.7 Å². The zero-order valence-electron chi connectivity index (χ0n) is 19.3. The number of rotatable bonds is 7. The van der Waals surface area contributed by atoms with E-state index in [-0.39, 0.29) is 28.5 Å². The topological polar surface area (TPSA) is 111 Å². The molecular weight excluding hydrogens is 502 g/mol. The molecule has 0 spiro atoms. The Balaban J connectivity index is 1.46. The smallest absolute Gasteiger partial charge is 0.269 e. The van der Waals surface area contributed by atoms with Gasteiger partial charge < -0.3 is 10.1 Å². The highest BCUT2D eigenvalue weighted by Crippen LogP contribution is 2.51. The van der Waals surface area contributed by atoms with Crippen molar-refractivity contribution in [3.8, 4) is 5.75 Å². The molecule has 0 saturated carbocycles. The first-order valence-electron chi connectivity index (χ1n) is 11.5. The van der Waals surface area contributed by atoms with Crippen molar-refractivity contribution in [1.29, 1.82) is 0 Å². The number of benzene rings is 3. The third kappa shape index (κ3) is 4.52. The van der Waals surface area contributed by atoms with Crippen LogP contribution >= 0.6 is 11.6 Å². The standard InChI is InChI=1S/C26H24ClN3O5S/c1-2-35-18-9-6-16(7-10-18)29-36(33,34)19-11-13-25-22(15-19)20-4-3-5-21(20)26(28-25)23-14-17(30(31)32)8-12-24(23)27/h3-4,6-15,20-21,26,28-29H,2,5H2,1H3. The minimum Gasteiger partial charge on any atom is -0.494 e. The molecule has 2 N–H and O–H groups in total. The number of nitrogens with one attached hydrogen (secondary N) is 2. The molecule has 5 rings (SSSR count). The van der Waals surface area contributed by atoms with E-state index in [9.17, 15) is 18.5 Å². The van der Waals surface area contributed by atoms with Gasteiger partial charge in [-0.1, -0.05) is 23.8 Å². The fourth-order valence-corrected chi connectivity index (χ4v) is 6.26. The Kier molecular flexibility index (Phi) is 6.36. The van der Waals surface area contributed by atoms with Crippen LogP contribution in [0.25, 0.3) is 0 Å². The molecule has 0 amide bonds. The molecular formula is C26H24ClN3O5S. The second-order valence-electron chi connectivity index (χ2n) is 8.75. The summed E-state index contributed by atoms with van der Waals surface area (Å²) >= 11 is 6.46. The number of nitro benzene ring substituents is 1. The van der Waals surface area contributed by atoms with E-state index in [0.29, 0.717) is 28.6 Å². The number of allylic oxidation sites excluding steroid dienone is 2. The van der Waals surface area contributed by atoms with E-state index in [2.05, 4.69) is 22.2 Å². The lowest BCUT2D eigenvalue weighted by Crippen LogP contribution is -2.29. The van der Waals surface area contributed by atoms with Crippen molar-refractivity contribution in [1.82, 2.24) is 0 Å². The summed E-state index contributed by atoms with van der Waals surface area (Å²) in [6.07, 6.45) is 4.87. The van der Waals surface area contributed by atoms with Crippen LogP contribution in [-0.2, 0) is 10.0 Å². The molecule has 0 fully saturated rings. The zero-order valence-corrected chi connectivity index (χ0v) is 20.9. The van der Waals surface area contributed by atoms with Crippen LogP contribution in [0, 0.1) is 16.0 Å². The molecule has 3 aromatic carbocycles. The summed E-state index contributed by atoms with van der Waals surface area (Å²) in [6, 6.07) is 15.9. The summed E-state index contributed by atoms with van der Waals surface area (Å²) in [7, 11) is -3.83. The highest BCUT2D eigenvalue weighted by Gasteiger charge is 2.39. The Bertz CT molecular complexity index is 1460. The van der Waals surface area contributed by atoms with Gasteiger partial charge in [0.1, 0.15) is 5.75 Å². The largest absolute Gasteiger partial charge is 0.494 e. The monoisotopic (exact) mass is 525 g/mol. The van der Waals surface area contributed by atoms with Gasteiger partial charge in [0.05, 0.1) is 22.5 Å². The van der Waals surface area contributed by atoms with Crippen molar-refractivity contribution in [2.75, 3.05) is 16.6 Å². The zero-order chi connectivity index (χ0) is 25.4. The van der Waals surface area contributed by atoms with Crippen LogP contribution in [0.3, 0.4) is 0 Å². The van der Waals surface area contributed by atoms with Crippen LogP contribution < -0.4 is 14.8 Å². The van der Waals surface area contributed by atoms with Crippen LogP contribution in [-0.4, -0.2) is 19.9 Å². The number of anilines is 2. The second-order valence-corrected chi connectivity index (χ2v) is 10.8. The maximum absolute atomic E-state index is 13.2. The summed E-state index contributed by atoms with van der Waals surface area (Å²) in [6.45, 7) is 2.41. The number of ether oxygens (including phenoxy) is 1. The van der Waals surface area contributed by atoms with Gasteiger partial charge in [-0.2, -0.15) is 0 Å². The lowest BCUT2D eigenvalue weighted by Gasteiger charge is -2.38. The van der Waals surface area contributed by atoms with E-state index in [0.717, 1.165) is 17.7 Å². The van der Waals surface area contributed by atoms with E-state index in [1.807, 2.05) is 6.92 Å². The molecule has 3 unspecified atom stereocenters. The number of hydrogen-bond donors (Lipinski definition) is 2. The summed E-state index contributed by atoms with van der Waals surface area (Å²) in [5.74, 6) is 0.647. The summed E-state index contributed by atoms with van der Waals surface area (Å²) in [5.41, 5.74) is 2.71. The Morgan fingerprint density at radius 2 is 1.89 bits per heavy atom. The molecule has 2 aliphatic rings. The van der Waals surface area contributed by atoms with Crippen molar-refractivity contribution in [3.63, 3.8) is 0 Å². The minimum atomic E-state index is -3.83. The van der Waals surface area contributed by atoms with E-state index in [1.54, 1.807) is 48.5 Å². The fraction of sp³-hybridized carbons (Fsp3) is 0.231. The third-order valence-corrected chi connectivity index (χ3v) is 8.31. The minimum absolute atomic E-state index is 0.0219. The van der Waals surface area contributed by atoms with Crippen LogP contribution in [0.2, 0.25) is 5.02 Å². The van der Waals surface area contributed by atoms with E-state index in [1.165, 1.54) is 12.1 Å². The predicted octanol–water partition coefficient (Wildman–Crippen LogP) is 6.27. The van der Waals surface area contributed by atoms with Gasteiger partial charge in [-0.25, -0.2) is 8.42 Å². The lowest BCUT2D eigenvalue weighted by atomic mass is 9.77. The second kappa shape index (κ2) is 9.48. The van der Waals surface area contributed by atoms with Gasteiger partial charge in [0.2, 0.25) is 0 Å². The molecule has 186 valence electrons. The molecule has 0 aromatic heterocycles. The molecule has 0 bridgehead atoms. The molecule has 3 aromatic rings. The van der Waals surface area contributed by atoms with Crippen molar-refractivity contribution >= 4 is 38.7 Å². The SMILES string of the molecule is CCOc1ccc(NS(=O)(=O)c2ccc3c(c2)C2C=CCC2C(c2cc([N+](=O)[O-])ccc2Cl)N3)cc1. The lowest BCUT2D eigenvalue weighted by molar-refractivity contribution is -0.384. The maximum Gasteiger partial charge on any atom is 0.269 e. The number of hydrogen-bond acceptors (Lipinski definition) is 6. The first-order chi connectivity index (χ1) is 17.3. The first kappa shape index (κ1) is 24.1. The molecule has 1 heterocycles. The van der Waals surface area contributed by atoms with Crippen molar-refractivity contribution in [2.45, 2.75) is 30.2 Å². The Morgan fingerprint density at radius 1 is 1.11 bits per heavy atom. The molecule has 0 radical (unpaired) electrons. The normalized spacial score (nSPS) is 20.2. The highest BCUT2D eigenvalue weighted by molar-refractivity contribution is 7.92. The fourth-order valence-electron chi connectivity index (χ4n) is 4.93. The Hall–Kier alpha value is -3.56. The molecule has 8 nitrogen and oxygen atoms in total. The van der Waals surface area contributed by atoms with Crippen LogP contribution in [0.15, 0.2) is 77.7 Å². The maximum atomic E-state index is 13.2.